The minimum Gasteiger partial charge on any atom is -0.491 e. The Morgan fingerprint density at radius 3 is 2.85 bits per heavy atom. The number of fused-ring (bicyclic) bond motifs is 2. The Balaban J connectivity index is 1.43. The fraction of sp³-hybridized carbons (Fsp3) is 0.368. The van der Waals surface area contributed by atoms with Gasteiger partial charge in [0.15, 0.2) is 0 Å². The molecule has 3 amide bonds. The van der Waals surface area contributed by atoms with E-state index in [-0.39, 0.29) is 24.9 Å². The number of amides is 3. The average molecular weight is 390 g/mol. The summed E-state index contributed by atoms with van der Waals surface area (Å²) in [5, 5.41) is 15.0. The molecule has 0 radical (unpaired) electrons. The molecule has 2 heterocycles. The Labute approximate surface area is 159 Å². The summed E-state index contributed by atoms with van der Waals surface area (Å²) in [6.45, 7) is -0.271. The highest BCUT2D eigenvalue weighted by Crippen LogP contribution is 2.42. The van der Waals surface area contributed by atoms with Crippen molar-refractivity contribution in [3.8, 4) is 5.75 Å². The lowest BCUT2D eigenvalue weighted by Crippen LogP contribution is -2.46. The SMILES string of the molecule is O=C1NC2(CCCc3sccc32)C(=O)N1CC(O)COc1ccc(F)cc1. The number of hydrogen-bond acceptors (Lipinski definition) is 5. The summed E-state index contributed by atoms with van der Waals surface area (Å²) < 4.78 is 18.3. The number of benzene rings is 1. The number of aliphatic hydroxyl groups excluding tert-OH is 1. The molecule has 1 saturated heterocycles. The number of thiophene rings is 1. The van der Waals surface area contributed by atoms with Crippen molar-refractivity contribution in [2.24, 2.45) is 0 Å². The van der Waals surface area contributed by atoms with Crippen molar-refractivity contribution in [1.29, 1.82) is 0 Å². The Morgan fingerprint density at radius 2 is 2.07 bits per heavy atom. The Bertz CT molecular complexity index is 869. The molecule has 2 aromatic rings. The van der Waals surface area contributed by atoms with Crippen LogP contribution in [0.3, 0.4) is 0 Å². The summed E-state index contributed by atoms with van der Waals surface area (Å²) in [7, 11) is 0. The average Bonchev–Trinajstić information content (AvgIpc) is 3.22. The minimum atomic E-state index is -1.05. The van der Waals surface area contributed by atoms with E-state index in [1.165, 1.54) is 24.3 Å². The third-order valence-corrected chi connectivity index (χ3v) is 5.97. The number of carbonyl (C=O) groups is 2. The number of hydrogen-bond donors (Lipinski definition) is 2. The largest absolute Gasteiger partial charge is 0.491 e. The molecule has 27 heavy (non-hydrogen) atoms. The lowest BCUT2D eigenvalue weighted by Gasteiger charge is -2.31. The van der Waals surface area contributed by atoms with Crippen LogP contribution in [0.2, 0.25) is 0 Å². The van der Waals surface area contributed by atoms with Crippen molar-refractivity contribution < 1.29 is 23.8 Å². The van der Waals surface area contributed by atoms with Gasteiger partial charge >= 0.3 is 6.03 Å². The quantitative estimate of drug-likeness (QED) is 0.769. The van der Waals surface area contributed by atoms with Crippen molar-refractivity contribution in [1.82, 2.24) is 10.2 Å². The Hall–Kier alpha value is -2.45. The molecule has 4 rings (SSSR count). The molecular formula is C19H19FN2O4S. The summed E-state index contributed by atoms with van der Waals surface area (Å²) in [4.78, 5) is 27.7. The van der Waals surface area contributed by atoms with E-state index in [0.29, 0.717) is 12.2 Å². The van der Waals surface area contributed by atoms with Crippen LogP contribution in [-0.2, 0) is 16.8 Å². The maximum Gasteiger partial charge on any atom is 0.325 e. The standard InChI is InChI=1S/C19H19FN2O4S/c20-12-3-5-14(6-4-12)26-11-13(23)10-22-17(24)19(21-18(22)25)8-1-2-16-15(19)7-9-27-16/h3-7,9,13,23H,1-2,8,10-11H2,(H,21,25). The fourth-order valence-corrected chi connectivity index (χ4v) is 4.69. The van der Waals surface area contributed by atoms with E-state index in [1.54, 1.807) is 11.3 Å². The second kappa shape index (κ2) is 6.94. The fourth-order valence-electron chi connectivity index (χ4n) is 3.69. The zero-order valence-corrected chi connectivity index (χ0v) is 15.3. The van der Waals surface area contributed by atoms with E-state index >= 15 is 0 Å². The van der Waals surface area contributed by atoms with Crippen LogP contribution in [0, 0.1) is 5.82 Å². The van der Waals surface area contributed by atoms with Crippen LogP contribution in [0.1, 0.15) is 23.3 Å². The van der Waals surface area contributed by atoms with Gasteiger partial charge in [-0.2, -0.15) is 0 Å². The molecule has 1 fully saturated rings. The normalized spacial score (nSPS) is 22.7. The summed E-state index contributed by atoms with van der Waals surface area (Å²) in [5.74, 6) is -0.306. The van der Waals surface area contributed by atoms with Crippen LogP contribution >= 0.6 is 11.3 Å². The van der Waals surface area contributed by atoms with E-state index in [0.717, 1.165) is 28.2 Å². The van der Waals surface area contributed by atoms with E-state index in [4.69, 9.17) is 4.74 Å². The lowest BCUT2D eigenvalue weighted by molar-refractivity contribution is -0.133. The Morgan fingerprint density at radius 1 is 1.30 bits per heavy atom. The van der Waals surface area contributed by atoms with Gasteiger partial charge < -0.3 is 15.2 Å². The zero-order valence-electron chi connectivity index (χ0n) is 14.5. The summed E-state index contributed by atoms with van der Waals surface area (Å²) in [5.41, 5.74) is -0.140. The van der Waals surface area contributed by atoms with E-state index in [1.807, 2.05) is 11.4 Å². The van der Waals surface area contributed by atoms with Crippen molar-refractivity contribution >= 4 is 23.3 Å². The molecule has 1 aromatic carbocycles. The number of β-amino-alcohol motifs (C(OH)–C–C–N with tert-alkyl or cyclic N) is 1. The van der Waals surface area contributed by atoms with Crippen LogP contribution < -0.4 is 10.1 Å². The first-order chi connectivity index (χ1) is 13.0. The molecule has 2 aliphatic rings. The van der Waals surface area contributed by atoms with Crippen molar-refractivity contribution in [2.45, 2.75) is 30.9 Å². The second-order valence-corrected chi connectivity index (χ2v) is 7.78. The third kappa shape index (κ3) is 3.19. The van der Waals surface area contributed by atoms with Gasteiger partial charge in [0.2, 0.25) is 0 Å². The van der Waals surface area contributed by atoms with Crippen LogP contribution in [0.4, 0.5) is 9.18 Å². The topological polar surface area (TPSA) is 78.9 Å². The number of carbonyl (C=O) groups excluding carboxylic acids is 2. The maximum atomic E-state index is 13.1. The predicted molar refractivity (Wildman–Crippen MR) is 97.1 cm³/mol. The van der Waals surface area contributed by atoms with Crippen LogP contribution in [0.15, 0.2) is 35.7 Å². The number of nitrogens with zero attached hydrogens (tertiary/aromatic N) is 1. The van der Waals surface area contributed by atoms with E-state index in [2.05, 4.69) is 5.32 Å². The van der Waals surface area contributed by atoms with Gasteiger partial charge in [-0.05, 0) is 55.0 Å². The summed E-state index contributed by atoms with van der Waals surface area (Å²) in [6, 6.07) is 6.80. The molecule has 2 atom stereocenters. The molecule has 1 aromatic heterocycles. The van der Waals surface area contributed by atoms with Gasteiger partial charge in [0.1, 0.15) is 29.8 Å². The molecule has 1 aliphatic carbocycles. The molecule has 2 N–H and O–H groups in total. The van der Waals surface area contributed by atoms with E-state index in [9.17, 15) is 19.1 Å². The van der Waals surface area contributed by atoms with Gasteiger partial charge in [0.05, 0.1) is 6.54 Å². The Kier molecular flexibility index (Phi) is 4.61. The van der Waals surface area contributed by atoms with Gasteiger partial charge in [-0.25, -0.2) is 9.18 Å². The van der Waals surface area contributed by atoms with Crippen molar-refractivity contribution in [2.75, 3.05) is 13.2 Å². The number of rotatable bonds is 5. The number of nitrogens with one attached hydrogen (secondary N) is 1. The van der Waals surface area contributed by atoms with Gasteiger partial charge in [-0.15, -0.1) is 11.3 Å². The molecule has 2 unspecified atom stereocenters. The number of imide groups is 1. The first kappa shape index (κ1) is 17.9. The number of ether oxygens (including phenoxy) is 1. The molecule has 1 aliphatic heterocycles. The molecule has 8 heteroatoms. The molecule has 142 valence electrons. The summed E-state index contributed by atoms with van der Waals surface area (Å²) in [6.07, 6.45) is 1.24. The summed E-state index contributed by atoms with van der Waals surface area (Å²) >= 11 is 1.59. The lowest BCUT2D eigenvalue weighted by atomic mass is 9.80. The van der Waals surface area contributed by atoms with Crippen molar-refractivity contribution in [3.05, 3.63) is 52.0 Å². The molecule has 0 saturated carbocycles. The first-order valence-corrected chi connectivity index (χ1v) is 9.65. The van der Waals surface area contributed by atoms with Gasteiger partial charge in [0, 0.05) is 10.4 Å². The van der Waals surface area contributed by atoms with Crippen LogP contribution in [-0.4, -0.2) is 41.2 Å². The van der Waals surface area contributed by atoms with Crippen molar-refractivity contribution in [3.63, 3.8) is 0 Å². The number of halogens is 1. The molecule has 1 spiro atoms. The smallest absolute Gasteiger partial charge is 0.325 e. The first-order valence-electron chi connectivity index (χ1n) is 8.77. The number of aryl methyl sites for hydroxylation is 1. The van der Waals surface area contributed by atoms with Gasteiger partial charge in [-0.1, -0.05) is 0 Å². The van der Waals surface area contributed by atoms with Crippen LogP contribution in [0.25, 0.3) is 0 Å². The maximum absolute atomic E-state index is 13.1. The zero-order chi connectivity index (χ0) is 19.0. The molecule has 6 nitrogen and oxygen atoms in total. The van der Waals surface area contributed by atoms with Gasteiger partial charge in [-0.3, -0.25) is 9.69 Å². The van der Waals surface area contributed by atoms with Crippen LogP contribution in [0.5, 0.6) is 5.75 Å². The highest BCUT2D eigenvalue weighted by molar-refractivity contribution is 7.10. The highest BCUT2D eigenvalue weighted by Gasteiger charge is 2.54. The number of urea groups is 1. The monoisotopic (exact) mass is 390 g/mol. The number of aliphatic hydroxyl groups is 1. The molecule has 0 bridgehead atoms. The minimum absolute atomic E-state index is 0.112. The third-order valence-electron chi connectivity index (χ3n) is 4.99. The molecular weight excluding hydrogens is 371 g/mol. The second-order valence-electron chi connectivity index (χ2n) is 6.78. The van der Waals surface area contributed by atoms with Gasteiger partial charge in [0.25, 0.3) is 5.91 Å². The predicted octanol–water partition coefficient (Wildman–Crippen LogP) is 2.41. The van der Waals surface area contributed by atoms with E-state index < -0.39 is 17.7 Å². The highest BCUT2D eigenvalue weighted by atomic mass is 32.1.